The summed E-state index contributed by atoms with van der Waals surface area (Å²) in [6.45, 7) is 3.67. The summed E-state index contributed by atoms with van der Waals surface area (Å²) < 4.78 is 5.15. The molecule has 0 bridgehead atoms. The van der Waals surface area contributed by atoms with Crippen LogP contribution in [0.1, 0.15) is 29.5 Å². The van der Waals surface area contributed by atoms with Gasteiger partial charge in [-0.1, -0.05) is 42.0 Å². The normalized spacial score (nSPS) is 11.9. The molecule has 1 atom stereocenters. The lowest BCUT2D eigenvalue weighted by Gasteiger charge is -2.16. The molecule has 0 aromatic heterocycles. The smallest absolute Gasteiger partial charge is 0.141 e. The van der Waals surface area contributed by atoms with Crippen molar-refractivity contribution in [2.75, 3.05) is 7.11 Å². The molecule has 2 nitrogen and oxygen atoms in total. The largest absolute Gasteiger partial charge is 0.497 e. The van der Waals surface area contributed by atoms with Crippen molar-refractivity contribution < 1.29 is 9.53 Å². The number of carbonyl (C=O) groups excluding carboxylic acids is 1. The van der Waals surface area contributed by atoms with Gasteiger partial charge in [0, 0.05) is 0 Å². The molecule has 2 aromatic carbocycles. The first-order valence-electron chi connectivity index (χ1n) is 6.33. The standard InChI is InChI=1S/C17H18O2/c1-12-5-4-6-15(11-12)17(13(2)18)14-7-9-16(19-3)10-8-14/h4-11,17H,1-3H3. The molecule has 0 spiro atoms. The topological polar surface area (TPSA) is 26.3 Å². The number of hydrogen-bond donors (Lipinski definition) is 0. The van der Waals surface area contributed by atoms with E-state index in [1.807, 2.05) is 49.4 Å². The fraction of sp³-hybridized carbons (Fsp3) is 0.235. The third kappa shape index (κ3) is 3.02. The molecule has 0 heterocycles. The van der Waals surface area contributed by atoms with Crippen molar-refractivity contribution in [3.05, 3.63) is 65.2 Å². The highest BCUT2D eigenvalue weighted by Gasteiger charge is 2.19. The van der Waals surface area contributed by atoms with Crippen LogP contribution in [0.2, 0.25) is 0 Å². The van der Waals surface area contributed by atoms with Crippen molar-refractivity contribution in [2.24, 2.45) is 0 Å². The van der Waals surface area contributed by atoms with Gasteiger partial charge in [-0.25, -0.2) is 0 Å². The summed E-state index contributed by atoms with van der Waals surface area (Å²) in [5.41, 5.74) is 3.20. The van der Waals surface area contributed by atoms with Gasteiger partial charge < -0.3 is 4.74 Å². The first kappa shape index (κ1) is 13.3. The van der Waals surface area contributed by atoms with Crippen molar-refractivity contribution in [3.63, 3.8) is 0 Å². The number of ether oxygens (including phenoxy) is 1. The predicted molar refractivity (Wildman–Crippen MR) is 76.7 cm³/mol. The molecular formula is C17H18O2. The van der Waals surface area contributed by atoms with Crippen LogP contribution in [0.5, 0.6) is 5.75 Å². The Hall–Kier alpha value is -2.09. The highest BCUT2D eigenvalue weighted by molar-refractivity contribution is 5.87. The predicted octanol–water partition coefficient (Wildman–Crippen LogP) is 3.72. The number of methoxy groups -OCH3 is 1. The second-order valence-electron chi connectivity index (χ2n) is 4.73. The van der Waals surface area contributed by atoms with Crippen LogP contribution in [0.3, 0.4) is 0 Å². The van der Waals surface area contributed by atoms with Crippen LogP contribution >= 0.6 is 0 Å². The van der Waals surface area contributed by atoms with Gasteiger partial charge in [0.15, 0.2) is 0 Å². The Morgan fingerprint density at radius 3 is 2.26 bits per heavy atom. The van der Waals surface area contributed by atoms with Gasteiger partial charge in [0.2, 0.25) is 0 Å². The maximum atomic E-state index is 12.0. The Morgan fingerprint density at radius 1 is 1.05 bits per heavy atom. The number of benzene rings is 2. The average molecular weight is 254 g/mol. The summed E-state index contributed by atoms with van der Waals surface area (Å²) in [6, 6.07) is 15.8. The summed E-state index contributed by atoms with van der Waals surface area (Å²) in [6.07, 6.45) is 0. The van der Waals surface area contributed by atoms with E-state index in [4.69, 9.17) is 4.74 Å². The van der Waals surface area contributed by atoms with Crippen LogP contribution < -0.4 is 4.74 Å². The fourth-order valence-electron chi connectivity index (χ4n) is 2.31. The Labute approximate surface area is 114 Å². The molecular weight excluding hydrogens is 236 g/mol. The minimum Gasteiger partial charge on any atom is -0.497 e. The first-order valence-corrected chi connectivity index (χ1v) is 6.33. The molecule has 0 amide bonds. The summed E-state index contributed by atoms with van der Waals surface area (Å²) >= 11 is 0. The fourth-order valence-corrected chi connectivity index (χ4v) is 2.31. The summed E-state index contributed by atoms with van der Waals surface area (Å²) in [5.74, 6) is 0.747. The zero-order chi connectivity index (χ0) is 13.8. The molecule has 2 aromatic rings. The lowest BCUT2D eigenvalue weighted by Crippen LogP contribution is -2.10. The van der Waals surface area contributed by atoms with Crippen LogP contribution in [0.4, 0.5) is 0 Å². The second-order valence-corrected chi connectivity index (χ2v) is 4.73. The molecule has 0 aliphatic rings. The van der Waals surface area contributed by atoms with E-state index in [0.717, 1.165) is 22.4 Å². The molecule has 0 aliphatic heterocycles. The van der Waals surface area contributed by atoms with Crippen molar-refractivity contribution in [3.8, 4) is 5.75 Å². The molecule has 2 rings (SSSR count). The Kier molecular flexibility index (Phi) is 4.00. The van der Waals surface area contributed by atoms with Crippen LogP contribution in [-0.2, 0) is 4.79 Å². The van der Waals surface area contributed by atoms with Crippen LogP contribution in [-0.4, -0.2) is 12.9 Å². The number of rotatable bonds is 4. The number of ketones is 1. The van der Waals surface area contributed by atoms with Crippen LogP contribution in [0.15, 0.2) is 48.5 Å². The lowest BCUT2D eigenvalue weighted by atomic mass is 9.87. The molecule has 2 heteroatoms. The van der Waals surface area contributed by atoms with Gasteiger partial charge in [-0.05, 0) is 37.1 Å². The van der Waals surface area contributed by atoms with E-state index in [0.29, 0.717) is 0 Å². The van der Waals surface area contributed by atoms with E-state index in [2.05, 4.69) is 6.07 Å². The first-order chi connectivity index (χ1) is 9.11. The van der Waals surface area contributed by atoms with E-state index in [1.165, 1.54) is 0 Å². The number of Topliss-reactive ketones (excluding diaryl/α,β-unsaturated/α-hetero) is 1. The highest BCUT2D eigenvalue weighted by atomic mass is 16.5. The Morgan fingerprint density at radius 2 is 1.74 bits per heavy atom. The Bertz CT molecular complexity index is 570. The third-order valence-corrected chi connectivity index (χ3v) is 3.23. The van der Waals surface area contributed by atoms with E-state index < -0.39 is 0 Å². The molecule has 1 unspecified atom stereocenters. The summed E-state index contributed by atoms with van der Waals surface area (Å²) in [7, 11) is 1.64. The summed E-state index contributed by atoms with van der Waals surface area (Å²) in [4.78, 5) is 12.0. The maximum absolute atomic E-state index is 12.0. The van der Waals surface area contributed by atoms with Gasteiger partial charge in [-0.15, -0.1) is 0 Å². The SMILES string of the molecule is COc1ccc(C(C(C)=O)c2cccc(C)c2)cc1. The minimum atomic E-state index is -0.203. The van der Waals surface area contributed by atoms with Gasteiger partial charge in [0.05, 0.1) is 13.0 Å². The number of carbonyl (C=O) groups is 1. The number of aryl methyl sites for hydroxylation is 1. The molecule has 0 N–H and O–H groups in total. The number of hydrogen-bond acceptors (Lipinski definition) is 2. The van der Waals surface area contributed by atoms with Crippen LogP contribution in [0, 0.1) is 6.92 Å². The molecule has 0 fully saturated rings. The molecule has 0 saturated carbocycles. The van der Waals surface area contributed by atoms with E-state index in [-0.39, 0.29) is 11.7 Å². The maximum Gasteiger partial charge on any atom is 0.141 e. The van der Waals surface area contributed by atoms with E-state index in [9.17, 15) is 4.79 Å². The van der Waals surface area contributed by atoms with Crippen LogP contribution in [0.25, 0.3) is 0 Å². The van der Waals surface area contributed by atoms with Crippen molar-refractivity contribution in [1.29, 1.82) is 0 Å². The van der Waals surface area contributed by atoms with Gasteiger partial charge >= 0.3 is 0 Å². The van der Waals surface area contributed by atoms with Gasteiger partial charge in [-0.2, -0.15) is 0 Å². The van der Waals surface area contributed by atoms with Gasteiger partial charge in [-0.3, -0.25) is 4.79 Å². The quantitative estimate of drug-likeness (QED) is 0.831. The van der Waals surface area contributed by atoms with E-state index in [1.54, 1.807) is 14.0 Å². The monoisotopic (exact) mass is 254 g/mol. The Balaban J connectivity index is 2.42. The van der Waals surface area contributed by atoms with Crippen molar-refractivity contribution >= 4 is 5.78 Å². The molecule has 98 valence electrons. The third-order valence-electron chi connectivity index (χ3n) is 3.23. The molecule has 0 radical (unpaired) electrons. The highest BCUT2D eigenvalue weighted by Crippen LogP contribution is 2.27. The van der Waals surface area contributed by atoms with Gasteiger partial charge in [0.1, 0.15) is 11.5 Å². The zero-order valence-corrected chi connectivity index (χ0v) is 11.5. The second kappa shape index (κ2) is 5.70. The molecule has 19 heavy (non-hydrogen) atoms. The van der Waals surface area contributed by atoms with E-state index >= 15 is 0 Å². The van der Waals surface area contributed by atoms with Crippen molar-refractivity contribution in [2.45, 2.75) is 19.8 Å². The molecule has 0 saturated heterocycles. The zero-order valence-electron chi connectivity index (χ0n) is 11.5. The minimum absolute atomic E-state index is 0.149. The average Bonchev–Trinajstić information content (AvgIpc) is 2.39. The molecule has 0 aliphatic carbocycles. The lowest BCUT2D eigenvalue weighted by molar-refractivity contribution is -0.117. The van der Waals surface area contributed by atoms with Crippen molar-refractivity contribution in [1.82, 2.24) is 0 Å². The van der Waals surface area contributed by atoms with Gasteiger partial charge in [0.25, 0.3) is 0 Å². The summed E-state index contributed by atoms with van der Waals surface area (Å²) in [5, 5.41) is 0.